The summed E-state index contributed by atoms with van der Waals surface area (Å²) in [6.07, 6.45) is 3.28. The molecule has 6 nitrogen and oxygen atoms in total. The number of allylic oxidation sites excluding steroid dienone is 1. The Labute approximate surface area is 173 Å². The molecule has 2 aromatic carbocycles. The molecule has 0 aliphatic carbocycles. The van der Waals surface area contributed by atoms with E-state index in [0.29, 0.717) is 36.1 Å². The summed E-state index contributed by atoms with van der Waals surface area (Å²) >= 11 is 1.11. The topological polar surface area (TPSA) is 115 Å². The van der Waals surface area contributed by atoms with Gasteiger partial charge in [0.15, 0.2) is 0 Å². The van der Waals surface area contributed by atoms with Crippen LogP contribution in [0.15, 0.2) is 49.1 Å². The molecule has 2 aromatic rings. The number of carbonyl (C=O) groups is 2. The maximum atomic E-state index is 11.1. The van der Waals surface area contributed by atoms with E-state index in [1.54, 1.807) is 36.4 Å². The highest BCUT2D eigenvalue weighted by Gasteiger charge is 2.21. The van der Waals surface area contributed by atoms with Gasteiger partial charge in [-0.15, -0.1) is 18.3 Å². The second kappa shape index (κ2) is 10.6. The number of hydrogen-bond acceptors (Lipinski definition) is 5. The molecule has 0 radical (unpaired) electrons. The predicted molar refractivity (Wildman–Crippen MR) is 114 cm³/mol. The second-order valence-corrected chi connectivity index (χ2v) is 7.91. The Morgan fingerprint density at radius 2 is 1.59 bits per heavy atom. The van der Waals surface area contributed by atoms with E-state index in [9.17, 15) is 19.8 Å². The lowest BCUT2D eigenvalue weighted by molar-refractivity contribution is -0.142. The van der Waals surface area contributed by atoms with Crippen molar-refractivity contribution in [3.63, 3.8) is 0 Å². The monoisotopic (exact) mass is 416 g/mol. The van der Waals surface area contributed by atoms with E-state index in [0.717, 1.165) is 22.9 Å². The minimum atomic E-state index is -1.13. The van der Waals surface area contributed by atoms with Crippen LogP contribution in [0.5, 0.6) is 11.5 Å². The molecule has 0 aliphatic rings. The normalized spacial score (nSPS) is 11.7. The predicted octanol–water partition coefficient (Wildman–Crippen LogP) is 4.09. The van der Waals surface area contributed by atoms with Crippen LogP contribution < -0.4 is 0 Å². The van der Waals surface area contributed by atoms with Gasteiger partial charge in [0.25, 0.3) is 0 Å². The molecule has 1 atom stereocenters. The standard InChI is InChI=1S/C22H24O6S/c1-2-4-14-6-8-18(23)16(11-14)17-12-15(7-9-19(17)24)5-3-10-29-20(22(27)28)13-21(25)26/h2,6-9,11-12,20,23-24H,1,3-5,10,13H2,(H,25,26)(H,27,28). The lowest BCUT2D eigenvalue weighted by atomic mass is 9.97. The third kappa shape index (κ3) is 6.57. The average Bonchev–Trinajstić information content (AvgIpc) is 2.67. The molecule has 0 fully saturated rings. The lowest BCUT2D eigenvalue weighted by Crippen LogP contribution is -2.20. The number of carboxylic acid groups (broad SMARTS) is 2. The molecule has 0 heterocycles. The third-order valence-corrected chi connectivity index (χ3v) is 5.65. The summed E-state index contributed by atoms with van der Waals surface area (Å²) in [5.74, 6) is -1.63. The Morgan fingerprint density at radius 3 is 2.14 bits per heavy atom. The van der Waals surface area contributed by atoms with Gasteiger partial charge in [-0.2, -0.15) is 0 Å². The molecule has 7 heteroatoms. The van der Waals surface area contributed by atoms with Crippen molar-refractivity contribution in [3.8, 4) is 22.6 Å². The van der Waals surface area contributed by atoms with Gasteiger partial charge >= 0.3 is 11.9 Å². The zero-order valence-corrected chi connectivity index (χ0v) is 16.7. The van der Waals surface area contributed by atoms with Crippen molar-refractivity contribution in [1.29, 1.82) is 0 Å². The zero-order valence-electron chi connectivity index (χ0n) is 15.9. The summed E-state index contributed by atoms with van der Waals surface area (Å²) in [5, 5.41) is 37.4. The maximum Gasteiger partial charge on any atom is 0.317 e. The number of hydrogen-bond donors (Lipinski definition) is 4. The number of phenols is 2. The molecule has 0 aliphatic heterocycles. The van der Waals surface area contributed by atoms with Gasteiger partial charge in [0.05, 0.1) is 6.42 Å². The highest BCUT2D eigenvalue weighted by molar-refractivity contribution is 8.00. The highest BCUT2D eigenvalue weighted by atomic mass is 32.2. The number of thioether (sulfide) groups is 1. The van der Waals surface area contributed by atoms with Crippen molar-refractivity contribution in [1.82, 2.24) is 0 Å². The van der Waals surface area contributed by atoms with Crippen molar-refractivity contribution < 1.29 is 30.0 Å². The lowest BCUT2D eigenvalue weighted by Gasteiger charge is -2.12. The first-order valence-corrected chi connectivity index (χ1v) is 10.2. The molecule has 2 rings (SSSR count). The van der Waals surface area contributed by atoms with Crippen LogP contribution in [0.2, 0.25) is 0 Å². The van der Waals surface area contributed by atoms with E-state index in [2.05, 4.69) is 6.58 Å². The Morgan fingerprint density at radius 1 is 1.00 bits per heavy atom. The number of aliphatic carboxylic acids is 2. The summed E-state index contributed by atoms with van der Waals surface area (Å²) in [6, 6.07) is 10.4. The first-order chi connectivity index (χ1) is 13.8. The number of benzene rings is 2. The molecule has 4 N–H and O–H groups in total. The van der Waals surface area contributed by atoms with Crippen LogP contribution in [-0.2, 0) is 22.4 Å². The van der Waals surface area contributed by atoms with Gasteiger partial charge in [-0.25, -0.2) is 0 Å². The summed E-state index contributed by atoms with van der Waals surface area (Å²) in [4.78, 5) is 21.8. The van der Waals surface area contributed by atoms with Crippen LogP contribution in [0.1, 0.15) is 24.0 Å². The summed E-state index contributed by atoms with van der Waals surface area (Å²) in [5.41, 5.74) is 2.95. The molecular weight excluding hydrogens is 392 g/mol. The Bertz CT molecular complexity index is 893. The Balaban J connectivity index is 2.08. The molecule has 0 saturated heterocycles. The van der Waals surface area contributed by atoms with Gasteiger partial charge in [0.1, 0.15) is 16.7 Å². The minimum absolute atomic E-state index is 0.0570. The largest absolute Gasteiger partial charge is 0.507 e. The number of aromatic hydroxyl groups is 2. The fourth-order valence-corrected chi connectivity index (χ4v) is 3.92. The molecule has 0 bridgehead atoms. The van der Waals surface area contributed by atoms with Crippen LogP contribution in [0, 0.1) is 0 Å². The van der Waals surface area contributed by atoms with E-state index in [4.69, 9.17) is 10.2 Å². The molecule has 0 spiro atoms. The van der Waals surface area contributed by atoms with E-state index < -0.39 is 23.6 Å². The highest BCUT2D eigenvalue weighted by Crippen LogP contribution is 2.37. The first-order valence-electron chi connectivity index (χ1n) is 9.13. The number of aryl methyl sites for hydroxylation is 1. The number of rotatable bonds is 11. The van der Waals surface area contributed by atoms with Gasteiger partial charge in [-0.1, -0.05) is 18.2 Å². The van der Waals surface area contributed by atoms with Gasteiger partial charge in [0.2, 0.25) is 0 Å². The van der Waals surface area contributed by atoms with Crippen molar-refractivity contribution in [2.24, 2.45) is 0 Å². The van der Waals surface area contributed by atoms with Crippen molar-refractivity contribution in [2.75, 3.05) is 5.75 Å². The number of phenolic OH excluding ortho intramolecular Hbond substituents is 2. The average molecular weight is 416 g/mol. The van der Waals surface area contributed by atoms with Crippen molar-refractivity contribution in [3.05, 3.63) is 60.2 Å². The van der Waals surface area contributed by atoms with Crippen LogP contribution in [0.4, 0.5) is 0 Å². The van der Waals surface area contributed by atoms with Gasteiger partial charge in [-0.3, -0.25) is 9.59 Å². The quantitative estimate of drug-likeness (QED) is 0.322. The van der Waals surface area contributed by atoms with Gasteiger partial charge < -0.3 is 20.4 Å². The molecule has 29 heavy (non-hydrogen) atoms. The third-order valence-electron chi connectivity index (χ3n) is 4.36. The van der Waals surface area contributed by atoms with Crippen LogP contribution in [0.25, 0.3) is 11.1 Å². The van der Waals surface area contributed by atoms with E-state index in [-0.39, 0.29) is 11.5 Å². The minimum Gasteiger partial charge on any atom is -0.507 e. The molecular formula is C22H24O6S. The van der Waals surface area contributed by atoms with E-state index in [1.165, 1.54) is 0 Å². The smallest absolute Gasteiger partial charge is 0.317 e. The zero-order chi connectivity index (χ0) is 21.4. The van der Waals surface area contributed by atoms with Gasteiger partial charge in [-0.05, 0) is 60.4 Å². The molecule has 0 amide bonds. The Hall–Kier alpha value is -2.93. The molecule has 0 saturated carbocycles. The van der Waals surface area contributed by atoms with Crippen LogP contribution in [0.3, 0.4) is 0 Å². The SMILES string of the molecule is C=CCc1ccc(O)c(-c2cc(CCCSC(CC(=O)O)C(=O)O)ccc2O)c1. The molecule has 0 aromatic heterocycles. The van der Waals surface area contributed by atoms with Crippen molar-refractivity contribution >= 4 is 23.7 Å². The summed E-state index contributed by atoms with van der Waals surface area (Å²) < 4.78 is 0. The summed E-state index contributed by atoms with van der Waals surface area (Å²) in [7, 11) is 0. The van der Waals surface area contributed by atoms with Gasteiger partial charge in [0, 0.05) is 11.1 Å². The second-order valence-electron chi connectivity index (χ2n) is 6.59. The fraction of sp³-hybridized carbons (Fsp3) is 0.273. The van der Waals surface area contributed by atoms with E-state index in [1.807, 2.05) is 6.07 Å². The molecule has 1 unspecified atom stereocenters. The van der Waals surface area contributed by atoms with E-state index >= 15 is 0 Å². The van der Waals surface area contributed by atoms with Crippen LogP contribution in [-0.4, -0.2) is 43.4 Å². The first kappa shape index (κ1) is 22.4. The number of carboxylic acids is 2. The van der Waals surface area contributed by atoms with Crippen LogP contribution >= 0.6 is 11.8 Å². The molecule has 154 valence electrons. The maximum absolute atomic E-state index is 11.1. The fourth-order valence-electron chi connectivity index (χ4n) is 2.93. The Kier molecular flexibility index (Phi) is 8.15. The van der Waals surface area contributed by atoms with Crippen molar-refractivity contribution in [2.45, 2.75) is 30.9 Å². The summed E-state index contributed by atoms with van der Waals surface area (Å²) in [6.45, 7) is 3.71.